The molecule has 9 nitrogen and oxygen atoms in total. The highest BCUT2D eigenvalue weighted by molar-refractivity contribution is 6.31. The average Bonchev–Trinajstić information content (AvgIpc) is 3.09. The highest BCUT2D eigenvalue weighted by Gasteiger charge is 2.59. The van der Waals surface area contributed by atoms with Crippen molar-refractivity contribution in [2.75, 3.05) is 0 Å². The minimum atomic E-state index is -5.21. The second kappa shape index (κ2) is 10.5. The maximum atomic E-state index is 14.5. The van der Waals surface area contributed by atoms with Gasteiger partial charge in [0.2, 0.25) is 11.8 Å². The van der Waals surface area contributed by atoms with Crippen LogP contribution in [0.1, 0.15) is 29.5 Å². The smallest absolute Gasteiger partial charge is 0.449 e. The molecule has 0 radical (unpaired) electrons. The summed E-state index contributed by atoms with van der Waals surface area (Å²) in [5, 5.41) is 19.7. The Balaban J connectivity index is 1.71. The fraction of sp³-hybridized carbons (Fsp3) is 0.269. The number of pyridine rings is 1. The number of hydrogen-bond donors (Lipinski definition) is 2. The first-order valence-electron chi connectivity index (χ1n) is 11.8. The molecule has 2 N–H and O–H groups in total. The van der Waals surface area contributed by atoms with E-state index in [2.05, 4.69) is 9.72 Å². The van der Waals surface area contributed by atoms with E-state index in [4.69, 9.17) is 21.4 Å². The summed E-state index contributed by atoms with van der Waals surface area (Å²) in [6.45, 7) is 1.09. The zero-order valence-corrected chi connectivity index (χ0v) is 22.5. The molecule has 4 rings (SSSR count). The summed E-state index contributed by atoms with van der Waals surface area (Å²) in [7, 11) is 2.83. The van der Waals surface area contributed by atoms with Crippen molar-refractivity contribution in [3.05, 3.63) is 80.7 Å². The van der Waals surface area contributed by atoms with Crippen LogP contribution in [0.25, 0.3) is 11.0 Å². The highest BCUT2D eigenvalue weighted by Crippen LogP contribution is 2.50. The molecule has 0 fully saturated rings. The number of halogens is 7. The molecule has 2 unspecified atom stereocenters. The predicted octanol–water partition coefficient (Wildman–Crippen LogP) is 6.35. The SMILES string of the molecule is CC(c1ccc(Oc2ccc(C(F)(F)F)c(OC(=O)O)n2)cc1Cl)C(O)(c1ccc2c(c1)n(C)c(=O)n2C)C(F)(F)F. The van der Waals surface area contributed by atoms with Gasteiger partial charge in [0.1, 0.15) is 11.3 Å². The van der Waals surface area contributed by atoms with Crippen LogP contribution >= 0.6 is 11.6 Å². The van der Waals surface area contributed by atoms with E-state index < -0.39 is 58.6 Å². The van der Waals surface area contributed by atoms with Crippen molar-refractivity contribution in [2.24, 2.45) is 14.1 Å². The number of nitrogens with zero attached hydrogens (tertiary/aromatic N) is 3. The normalized spacial score (nSPS) is 14.5. The molecule has 0 spiro atoms. The fourth-order valence-electron chi connectivity index (χ4n) is 4.53. The zero-order chi connectivity index (χ0) is 31.4. The van der Waals surface area contributed by atoms with Crippen molar-refractivity contribution in [1.29, 1.82) is 0 Å². The van der Waals surface area contributed by atoms with Crippen LogP contribution in [-0.4, -0.2) is 36.7 Å². The Morgan fingerprint density at radius 1 is 0.976 bits per heavy atom. The molecule has 2 aromatic heterocycles. The second-order valence-electron chi connectivity index (χ2n) is 9.24. The van der Waals surface area contributed by atoms with E-state index >= 15 is 0 Å². The Kier molecular flexibility index (Phi) is 7.71. The highest BCUT2D eigenvalue weighted by atomic mass is 35.5. The molecule has 0 bridgehead atoms. The molecule has 16 heteroatoms. The number of carboxylic acid groups (broad SMARTS) is 1. The van der Waals surface area contributed by atoms with Gasteiger partial charge in [-0.3, -0.25) is 9.13 Å². The number of imidazole rings is 1. The van der Waals surface area contributed by atoms with Crippen molar-refractivity contribution in [2.45, 2.75) is 30.8 Å². The lowest BCUT2D eigenvalue weighted by Crippen LogP contribution is -2.46. The monoisotopic (exact) mass is 619 g/mol. The van der Waals surface area contributed by atoms with E-state index in [1.165, 1.54) is 24.7 Å². The molecule has 0 aliphatic carbocycles. The lowest BCUT2D eigenvalue weighted by Gasteiger charge is -2.37. The van der Waals surface area contributed by atoms with Crippen LogP contribution in [0.4, 0.5) is 31.1 Å². The first-order valence-corrected chi connectivity index (χ1v) is 12.2. The number of aryl methyl sites for hydroxylation is 2. The van der Waals surface area contributed by atoms with Crippen LogP contribution in [0.3, 0.4) is 0 Å². The first kappa shape index (κ1) is 30.7. The van der Waals surface area contributed by atoms with Gasteiger partial charge in [-0.2, -0.15) is 31.3 Å². The maximum absolute atomic E-state index is 14.5. The van der Waals surface area contributed by atoms with Crippen molar-refractivity contribution in [1.82, 2.24) is 14.1 Å². The van der Waals surface area contributed by atoms with Crippen molar-refractivity contribution in [3.8, 4) is 17.5 Å². The number of carbonyl (C=O) groups is 1. The largest absolute Gasteiger partial charge is 0.512 e. The van der Waals surface area contributed by atoms with Gasteiger partial charge in [-0.1, -0.05) is 30.7 Å². The Labute approximate surface area is 237 Å². The molecular formula is C26H20ClF6N3O6. The molecule has 2 atom stereocenters. The standard InChI is InChI=1S/C26H20ClF6N3O6/c1-12(24(40,26(31,32)33)13-4-8-18-19(10-13)36(3)22(37)35(18)2)15-6-5-14(11-17(15)27)41-20-9-7-16(25(28,29)30)21(34-20)42-23(38)39/h4-12,40H,1-3H3,(H,38,39). The zero-order valence-electron chi connectivity index (χ0n) is 21.7. The molecule has 0 saturated carbocycles. The second-order valence-corrected chi connectivity index (χ2v) is 9.65. The quantitative estimate of drug-likeness (QED) is 0.191. The Bertz CT molecular complexity index is 1750. The predicted molar refractivity (Wildman–Crippen MR) is 136 cm³/mol. The van der Waals surface area contributed by atoms with Crippen LogP contribution in [0, 0.1) is 0 Å². The van der Waals surface area contributed by atoms with Crippen LogP contribution in [0.2, 0.25) is 5.02 Å². The van der Waals surface area contributed by atoms with Gasteiger partial charge in [0.25, 0.3) is 0 Å². The van der Waals surface area contributed by atoms with Gasteiger partial charge in [0.15, 0.2) is 5.60 Å². The molecule has 2 heterocycles. The van der Waals surface area contributed by atoms with Crippen molar-refractivity contribution < 1.29 is 50.8 Å². The number of benzene rings is 2. The van der Waals surface area contributed by atoms with Gasteiger partial charge in [-0.05, 0) is 41.5 Å². The Hall–Kier alpha value is -4.24. The number of aromatic nitrogens is 3. The third-order valence-corrected chi connectivity index (χ3v) is 7.08. The molecule has 42 heavy (non-hydrogen) atoms. The number of aliphatic hydroxyl groups is 1. The Morgan fingerprint density at radius 3 is 2.19 bits per heavy atom. The molecule has 0 amide bonds. The number of fused-ring (bicyclic) bond motifs is 1. The fourth-order valence-corrected chi connectivity index (χ4v) is 4.86. The van der Waals surface area contributed by atoms with E-state index in [9.17, 15) is 41.0 Å². The van der Waals surface area contributed by atoms with E-state index in [0.29, 0.717) is 11.6 Å². The summed E-state index contributed by atoms with van der Waals surface area (Å²) in [4.78, 5) is 26.5. The van der Waals surface area contributed by atoms with Crippen LogP contribution in [0.15, 0.2) is 53.3 Å². The first-order chi connectivity index (χ1) is 19.4. The molecular weight excluding hydrogens is 600 g/mol. The summed E-state index contributed by atoms with van der Waals surface area (Å²) >= 11 is 6.28. The molecule has 4 aromatic rings. The molecule has 2 aromatic carbocycles. The molecule has 0 aliphatic heterocycles. The number of hydrogen-bond acceptors (Lipinski definition) is 6. The third kappa shape index (κ3) is 5.36. The third-order valence-electron chi connectivity index (χ3n) is 6.76. The summed E-state index contributed by atoms with van der Waals surface area (Å²) < 4.78 is 94.9. The lowest BCUT2D eigenvalue weighted by molar-refractivity contribution is -0.274. The number of alkyl halides is 6. The van der Waals surface area contributed by atoms with Gasteiger partial charge in [0, 0.05) is 31.1 Å². The van der Waals surface area contributed by atoms with Gasteiger partial charge in [0.05, 0.1) is 11.0 Å². The molecule has 0 saturated heterocycles. The summed E-state index contributed by atoms with van der Waals surface area (Å²) in [5.41, 5.74) is -5.66. The minimum Gasteiger partial charge on any atom is -0.449 e. The van der Waals surface area contributed by atoms with Crippen LogP contribution in [-0.2, 0) is 25.9 Å². The number of ether oxygens (including phenoxy) is 2. The van der Waals surface area contributed by atoms with Gasteiger partial charge in [-0.25, -0.2) is 9.59 Å². The van der Waals surface area contributed by atoms with Crippen molar-refractivity contribution in [3.63, 3.8) is 0 Å². The van der Waals surface area contributed by atoms with Gasteiger partial charge in [-0.15, -0.1) is 0 Å². The summed E-state index contributed by atoms with van der Waals surface area (Å²) in [6.07, 6.45) is -12.3. The van der Waals surface area contributed by atoms with E-state index in [1.807, 2.05) is 0 Å². The Morgan fingerprint density at radius 2 is 1.62 bits per heavy atom. The van der Waals surface area contributed by atoms with Crippen LogP contribution < -0.4 is 15.2 Å². The van der Waals surface area contributed by atoms with Crippen molar-refractivity contribution >= 4 is 28.8 Å². The van der Waals surface area contributed by atoms with E-state index in [1.54, 1.807) is 0 Å². The lowest BCUT2D eigenvalue weighted by atomic mass is 9.77. The minimum absolute atomic E-state index is 0.153. The summed E-state index contributed by atoms with van der Waals surface area (Å²) in [5.74, 6) is -3.73. The maximum Gasteiger partial charge on any atom is 0.512 e. The molecule has 224 valence electrons. The van der Waals surface area contributed by atoms with E-state index in [0.717, 1.165) is 47.9 Å². The number of rotatable bonds is 6. The summed E-state index contributed by atoms with van der Waals surface area (Å²) in [6, 6.07) is 7.96. The average molecular weight is 620 g/mol. The topological polar surface area (TPSA) is 116 Å². The molecule has 0 aliphatic rings. The van der Waals surface area contributed by atoms with E-state index in [-0.39, 0.29) is 21.9 Å². The van der Waals surface area contributed by atoms with Gasteiger partial charge >= 0.3 is 24.2 Å². The van der Waals surface area contributed by atoms with Gasteiger partial charge < -0.3 is 19.7 Å². The van der Waals surface area contributed by atoms with Crippen LogP contribution in [0.5, 0.6) is 17.5 Å².